The number of rotatable bonds is 5. The van der Waals surface area contributed by atoms with Gasteiger partial charge in [0.2, 0.25) is 0 Å². The zero-order valence-corrected chi connectivity index (χ0v) is 15.2. The van der Waals surface area contributed by atoms with Crippen LogP contribution in [0.4, 0.5) is 5.69 Å². The maximum Gasteiger partial charge on any atom is 0.338 e. The van der Waals surface area contributed by atoms with Gasteiger partial charge in [0, 0.05) is 16.6 Å². The van der Waals surface area contributed by atoms with Crippen LogP contribution in [0.1, 0.15) is 20.9 Å². The number of aryl methyl sites for hydroxylation is 1. The Labute approximate surface area is 160 Å². The van der Waals surface area contributed by atoms with Gasteiger partial charge in [-0.1, -0.05) is 12.1 Å². The van der Waals surface area contributed by atoms with Crippen LogP contribution in [-0.4, -0.2) is 23.5 Å². The van der Waals surface area contributed by atoms with Gasteiger partial charge in [-0.2, -0.15) is 5.26 Å². The van der Waals surface area contributed by atoms with Crippen molar-refractivity contribution in [3.63, 3.8) is 0 Å². The van der Waals surface area contributed by atoms with Crippen LogP contribution in [0.15, 0.2) is 53.9 Å². The second kappa shape index (κ2) is 8.25. The first-order valence-electron chi connectivity index (χ1n) is 8.05. The van der Waals surface area contributed by atoms with E-state index >= 15 is 0 Å². The van der Waals surface area contributed by atoms with Crippen LogP contribution >= 0.6 is 11.3 Å². The third kappa shape index (κ3) is 4.77. The van der Waals surface area contributed by atoms with Crippen LogP contribution < -0.4 is 5.32 Å². The molecule has 3 rings (SSSR count). The minimum Gasteiger partial charge on any atom is -0.452 e. The van der Waals surface area contributed by atoms with Crippen LogP contribution in [0, 0.1) is 18.3 Å². The smallest absolute Gasteiger partial charge is 0.338 e. The second-order valence-electron chi connectivity index (χ2n) is 5.65. The number of anilines is 1. The van der Waals surface area contributed by atoms with Gasteiger partial charge in [0.15, 0.2) is 6.61 Å². The summed E-state index contributed by atoms with van der Waals surface area (Å²) in [4.78, 5) is 28.4. The molecule has 1 aromatic heterocycles. The predicted octanol–water partition coefficient (Wildman–Crippen LogP) is 3.79. The van der Waals surface area contributed by atoms with Crippen molar-refractivity contribution in [3.05, 3.63) is 70.0 Å². The van der Waals surface area contributed by atoms with Crippen LogP contribution in [0.5, 0.6) is 0 Å². The van der Waals surface area contributed by atoms with E-state index in [2.05, 4.69) is 10.3 Å². The molecule has 134 valence electrons. The highest BCUT2D eigenvalue weighted by molar-refractivity contribution is 7.09. The Hall–Kier alpha value is -3.50. The fourth-order valence-electron chi connectivity index (χ4n) is 2.34. The molecule has 0 aliphatic carbocycles. The van der Waals surface area contributed by atoms with Gasteiger partial charge in [0.25, 0.3) is 5.91 Å². The minimum atomic E-state index is -0.624. The average Bonchev–Trinajstić information content (AvgIpc) is 3.13. The zero-order valence-electron chi connectivity index (χ0n) is 14.4. The maximum atomic E-state index is 12.1. The number of hydrogen-bond acceptors (Lipinski definition) is 6. The second-order valence-corrected chi connectivity index (χ2v) is 6.71. The standard InChI is InChI=1S/C20H15N3O3S/c1-13-22-18(12-27-13)16-3-2-4-17(9-16)23-19(24)11-26-20(25)15-7-5-14(10-21)6-8-15/h2-9,12H,11H2,1H3,(H,23,24). The van der Waals surface area contributed by atoms with Gasteiger partial charge >= 0.3 is 5.97 Å². The molecule has 27 heavy (non-hydrogen) atoms. The lowest BCUT2D eigenvalue weighted by Crippen LogP contribution is -2.20. The van der Waals surface area contributed by atoms with Gasteiger partial charge in [-0.05, 0) is 43.3 Å². The summed E-state index contributed by atoms with van der Waals surface area (Å²) < 4.78 is 5.01. The van der Waals surface area contributed by atoms with E-state index in [4.69, 9.17) is 10.00 Å². The Bertz CT molecular complexity index is 1020. The number of nitrogens with zero attached hydrogens (tertiary/aromatic N) is 2. The molecule has 0 aliphatic heterocycles. The van der Waals surface area contributed by atoms with Gasteiger partial charge in [-0.25, -0.2) is 9.78 Å². The highest BCUT2D eigenvalue weighted by atomic mass is 32.1. The van der Waals surface area contributed by atoms with Crippen molar-refractivity contribution < 1.29 is 14.3 Å². The number of nitrogens with one attached hydrogen (secondary N) is 1. The SMILES string of the molecule is Cc1nc(-c2cccc(NC(=O)COC(=O)c3ccc(C#N)cc3)c2)cs1. The number of ether oxygens (including phenoxy) is 1. The number of hydrogen-bond donors (Lipinski definition) is 1. The molecule has 0 spiro atoms. The highest BCUT2D eigenvalue weighted by Gasteiger charge is 2.11. The number of thiazole rings is 1. The van der Waals surface area contributed by atoms with E-state index in [1.807, 2.05) is 36.6 Å². The molecule has 1 N–H and O–H groups in total. The third-order valence-electron chi connectivity index (χ3n) is 3.65. The number of amides is 1. The first-order valence-corrected chi connectivity index (χ1v) is 8.93. The summed E-state index contributed by atoms with van der Waals surface area (Å²) >= 11 is 1.56. The molecule has 0 saturated carbocycles. The Morgan fingerprint density at radius 2 is 2.00 bits per heavy atom. The summed E-state index contributed by atoms with van der Waals surface area (Å²) in [5, 5.41) is 14.4. The Kier molecular flexibility index (Phi) is 5.59. The highest BCUT2D eigenvalue weighted by Crippen LogP contribution is 2.24. The Morgan fingerprint density at radius 3 is 2.67 bits per heavy atom. The maximum absolute atomic E-state index is 12.1. The van der Waals surface area contributed by atoms with Crippen molar-refractivity contribution >= 4 is 28.9 Å². The molecule has 0 saturated heterocycles. The molecule has 1 amide bonds. The van der Waals surface area contributed by atoms with Crippen LogP contribution in [0.25, 0.3) is 11.3 Å². The lowest BCUT2D eigenvalue weighted by molar-refractivity contribution is -0.119. The van der Waals surface area contributed by atoms with Crippen molar-refractivity contribution in [1.29, 1.82) is 5.26 Å². The number of carbonyl (C=O) groups is 2. The molecule has 6 nitrogen and oxygen atoms in total. The molecule has 0 aliphatic rings. The molecule has 0 atom stereocenters. The number of carbonyl (C=O) groups excluding carboxylic acids is 2. The summed E-state index contributed by atoms with van der Waals surface area (Å²) in [5.74, 6) is -1.06. The summed E-state index contributed by atoms with van der Waals surface area (Å²) in [6, 6.07) is 15.3. The van der Waals surface area contributed by atoms with Crippen molar-refractivity contribution in [2.45, 2.75) is 6.92 Å². The molecular formula is C20H15N3O3S. The summed E-state index contributed by atoms with van der Waals surface area (Å²) in [5.41, 5.74) is 3.06. The molecule has 0 bridgehead atoms. The van der Waals surface area contributed by atoms with Gasteiger partial charge < -0.3 is 10.1 Å². The third-order valence-corrected chi connectivity index (χ3v) is 4.42. The molecule has 7 heteroatoms. The number of aromatic nitrogens is 1. The molecule has 0 unspecified atom stereocenters. The summed E-state index contributed by atoms with van der Waals surface area (Å²) in [6.07, 6.45) is 0. The number of esters is 1. The Morgan fingerprint density at radius 1 is 1.22 bits per heavy atom. The number of nitriles is 1. The van der Waals surface area contributed by atoms with Gasteiger partial charge in [0.05, 0.1) is 27.9 Å². The van der Waals surface area contributed by atoms with Gasteiger partial charge in [0.1, 0.15) is 0 Å². The molecule has 3 aromatic rings. The van der Waals surface area contributed by atoms with Crippen LogP contribution in [-0.2, 0) is 9.53 Å². The lowest BCUT2D eigenvalue weighted by Gasteiger charge is -2.08. The van der Waals surface area contributed by atoms with Gasteiger partial charge in [-0.15, -0.1) is 11.3 Å². The first kappa shape index (κ1) is 18.3. The minimum absolute atomic E-state index is 0.280. The van der Waals surface area contributed by atoms with Crippen molar-refractivity contribution in [2.24, 2.45) is 0 Å². The zero-order chi connectivity index (χ0) is 19.2. The van der Waals surface area contributed by atoms with Gasteiger partial charge in [-0.3, -0.25) is 4.79 Å². The van der Waals surface area contributed by atoms with Crippen molar-refractivity contribution in [2.75, 3.05) is 11.9 Å². The lowest BCUT2D eigenvalue weighted by atomic mass is 10.1. The molecule has 0 fully saturated rings. The van der Waals surface area contributed by atoms with Crippen molar-refractivity contribution in [1.82, 2.24) is 4.98 Å². The van der Waals surface area contributed by atoms with Crippen LogP contribution in [0.3, 0.4) is 0 Å². The van der Waals surface area contributed by atoms with E-state index in [0.717, 1.165) is 16.3 Å². The number of benzene rings is 2. The van der Waals surface area contributed by atoms with E-state index in [-0.39, 0.29) is 5.56 Å². The summed E-state index contributed by atoms with van der Waals surface area (Å²) in [6.45, 7) is 1.53. The quantitative estimate of drug-likeness (QED) is 0.683. The normalized spacial score (nSPS) is 10.1. The Balaban J connectivity index is 1.57. The first-order chi connectivity index (χ1) is 13.0. The van der Waals surface area contributed by atoms with Crippen molar-refractivity contribution in [3.8, 4) is 17.3 Å². The van der Waals surface area contributed by atoms with E-state index in [1.54, 1.807) is 17.4 Å². The molecule has 2 aromatic carbocycles. The fourth-order valence-corrected chi connectivity index (χ4v) is 2.97. The van der Waals surface area contributed by atoms with E-state index in [1.165, 1.54) is 24.3 Å². The molecule has 0 radical (unpaired) electrons. The molecular weight excluding hydrogens is 362 g/mol. The van der Waals surface area contributed by atoms with E-state index in [0.29, 0.717) is 11.3 Å². The monoisotopic (exact) mass is 377 g/mol. The van der Waals surface area contributed by atoms with Crippen LogP contribution in [0.2, 0.25) is 0 Å². The van der Waals surface area contributed by atoms with E-state index < -0.39 is 18.5 Å². The largest absolute Gasteiger partial charge is 0.452 e. The summed E-state index contributed by atoms with van der Waals surface area (Å²) in [7, 11) is 0. The predicted molar refractivity (Wildman–Crippen MR) is 102 cm³/mol. The molecule has 1 heterocycles. The fraction of sp³-hybridized carbons (Fsp3) is 0.100. The average molecular weight is 377 g/mol. The topological polar surface area (TPSA) is 92.1 Å². The van der Waals surface area contributed by atoms with E-state index in [9.17, 15) is 9.59 Å².